The second-order valence-electron chi connectivity index (χ2n) is 5.84. The van der Waals surface area contributed by atoms with Gasteiger partial charge in [-0.25, -0.2) is 0 Å². The number of hydrogen-bond acceptors (Lipinski definition) is 4. The van der Waals surface area contributed by atoms with E-state index in [1.54, 1.807) is 30.0 Å². The van der Waals surface area contributed by atoms with Crippen LogP contribution in [0, 0.1) is 5.92 Å². The highest BCUT2D eigenvalue weighted by Gasteiger charge is 2.24. The topological polar surface area (TPSA) is 55.8 Å². The normalized spacial score (nSPS) is 12.0. The highest BCUT2D eigenvalue weighted by molar-refractivity contribution is 6.35. The molecule has 1 aromatic rings. The van der Waals surface area contributed by atoms with Crippen LogP contribution in [0.2, 0.25) is 10.0 Å². The number of esters is 1. The number of benzene rings is 1. The molecule has 0 bridgehead atoms. The van der Waals surface area contributed by atoms with Gasteiger partial charge < -0.3 is 14.4 Å². The van der Waals surface area contributed by atoms with Gasteiger partial charge in [0.05, 0.1) is 18.6 Å². The highest BCUT2D eigenvalue weighted by Crippen LogP contribution is 2.28. The van der Waals surface area contributed by atoms with Crippen molar-refractivity contribution in [1.29, 1.82) is 0 Å². The maximum absolute atomic E-state index is 12.6. The van der Waals surface area contributed by atoms with E-state index >= 15 is 0 Å². The van der Waals surface area contributed by atoms with Gasteiger partial charge >= 0.3 is 5.97 Å². The largest absolute Gasteiger partial charge is 0.479 e. The Hall–Kier alpha value is -1.46. The van der Waals surface area contributed by atoms with E-state index in [-0.39, 0.29) is 30.8 Å². The number of ether oxygens (including phenoxy) is 2. The number of carbonyl (C=O) groups is 2. The average molecular weight is 376 g/mol. The molecule has 0 saturated carbocycles. The van der Waals surface area contributed by atoms with Gasteiger partial charge in [0.1, 0.15) is 5.75 Å². The molecule has 0 N–H and O–H groups in total. The molecule has 7 heteroatoms. The molecule has 134 valence electrons. The fourth-order valence-corrected chi connectivity index (χ4v) is 2.58. The minimum absolute atomic E-state index is 0.142. The molecule has 1 amide bonds. The Morgan fingerprint density at radius 2 is 1.88 bits per heavy atom. The number of rotatable bonds is 8. The number of nitrogens with zero attached hydrogens (tertiary/aromatic N) is 1. The van der Waals surface area contributed by atoms with E-state index in [1.807, 2.05) is 13.8 Å². The average Bonchev–Trinajstić information content (AvgIpc) is 2.52. The van der Waals surface area contributed by atoms with Crippen LogP contribution in [0.5, 0.6) is 5.75 Å². The summed E-state index contributed by atoms with van der Waals surface area (Å²) in [5.74, 6) is 0.0850. The first-order valence-corrected chi connectivity index (χ1v) is 8.47. The van der Waals surface area contributed by atoms with Gasteiger partial charge in [-0.05, 0) is 31.0 Å². The van der Waals surface area contributed by atoms with Gasteiger partial charge in [-0.2, -0.15) is 0 Å². The van der Waals surface area contributed by atoms with Crippen molar-refractivity contribution in [3.05, 3.63) is 28.2 Å². The summed E-state index contributed by atoms with van der Waals surface area (Å²) in [6.45, 7) is 6.46. The van der Waals surface area contributed by atoms with Gasteiger partial charge in [0, 0.05) is 18.1 Å². The van der Waals surface area contributed by atoms with E-state index in [4.69, 9.17) is 27.9 Å². The summed E-state index contributed by atoms with van der Waals surface area (Å²) in [5, 5.41) is 0.831. The van der Waals surface area contributed by atoms with E-state index in [0.29, 0.717) is 22.3 Å². The Morgan fingerprint density at radius 1 is 1.21 bits per heavy atom. The summed E-state index contributed by atoms with van der Waals surface area (Å²) in [5.41, 5.74) is 0. The van der Waals surface area contributed by atoms with Crippen LogP contribution in [0.3, 0.4) is 0 Å². The van der Waals surface area contributed by atoms with Gasteiger partial charge in [-0.1, -0.05) is 37.0 Å². The van der Waals surface area contributed by atoms with Crippen LogP contribution >= 0.6 is 23.2 Å². The first-order chi connectivity index (χ1) is 11.2. The second-order valence-corrected chi connectivity index (χ2v) is 6.68. The third kappa shape index (κ3) is 6.57. The lowest BCUT2D eigenvalue weighted by Gasteiger charge is -2.27. The molecule has 0 heterocycles. The highest BCUT2D eigenvalue weighted by atomic mass is 35.5. The Morgan fingerprint density at radius 3 is 2.42 bits per heavy atom. The van der Waals surface area contributed by atoms with Crippen molar-refractivity contribution < 1.29 is 19.1 Å². The fourth-order valence-electron chi connectivity index (χ4n) is 2.13. The molecule has 1 rings (SSSR count). The zero-order valence-corrected chi connectivity index (χ0v) is 15.9. The van der Waals surface area contributed by atoms with E-state index in [1.165, 1.54) is 7.11 Å². The summed E-state index contributed by atoms with van der Waals surface area (Å²) >= 11 is 11.9. The van der Waals surface area contributed by atoms with Crippen LogP contribution in [0.1, 0.15) is 27.2 Å². The zero-order valence-electron chi connectivity index (χ0n) is 14.3. The smallest absolute Gasteiger partial charge is 0.307 e. The fraction of sp³-hybridized carbons (Fsp3) is 0.529. The zero-order chi connectivity index (χ0) is 18.3. The SMILES string of the molecule is COC(=O)CCN(CC(C)C)C(=O)C(C)Oc1ccc(Cl)cc1Cl. The van der Waals surface area contributed by atoms with E-state index < -0.39 is 6.10 Å². The Balaban J connectivity index is 2.77. The van der Waals surface area contributed by atoms with Crippen LogP contribution in [-0.2, 0) is 14.3 Å². The first-order valence-electron chi connectivity index (χ1n) is 7.72. The molecule has 0 radical (unpaired) electrons. The number of hydrogen-bond donors (Lipinski definition) is 0. The van der Waals surface area contributed by atoms with Crippen molar-refractivity contribution in [2.24, 2.45) is 5.92 Å². The molecule has 0 spiro atoms. The van der Waals surface area contributed by atoms with Crippen molar-refractivity contribution in [3.63, 3.8) is 0 Å². The predicted octanol–water partition coefficient (Wildman–Crippen LogP) is 3.81. The maximum Gasteiger partial charge on any atom is 0.307 e. The van der Waals surface area contributed by atoms with Crippen molar-refractivity contribution in [1.82, 2.24) is 4.90 Å². The number of halogens is 2. The number of amides is 1. The van der Waals surface area contributed by atoms with Gasteiger partial charge in [-0.15, -0.1) is 0 Å². The van der Waals surface area contributed by atoms with Gasteiger partial charge in [0.2, 0.25) is 0 Å². The summed E-state index contributed by atoms with van der Waals surface area (Å²) in [6, 6.07) is 4.82. The van der Waals surface area contributed by atoms with Crippen LogP contribution in [0.15, 0.2) is 18.2 Å². The molecule has 0 fully saturated rings. The van der Waals surface area contributed by atoms with Crippen molar-refractivity contribution in [2.75, 3.05) is 20.2 Å². The van der Waals surface area contributed by atoms with E-state index in [9.17, 15) is 9.59 Å². The van der Waals surface area contributed by atoms with Crippen LogP contribution in [0.25, 0.3) is 0 Å². The summed E-state index contributed by atoms with van der Waals surface area (Å²) in [4.78, 5) is 25.6. The lowest BCUT2D eigenvalue weighted by molar-refractivity contribution is -0.143. The minimum Gasteiger partial charge on any atom is -0.479 e. The van der Waals surface area contributed by atoms with Crippen molar-refractivity contribution in [2.45, 2.75) is 33.3 Å². The molecule has 24 heavy (non-hydrogen) atoms. The summed E-state index contributed by atoms with van der Waals surface area (Å²) < 4.78 is 10.3. The number of carbonyl (C=O) groups excluding carboxylic acids is 2. The van der Waals surface area contributed by atoms with Crippen molar-refractivity contribution >= 4 is 35.1 Å². The Kier molecular flexibility index (Phi) is 8.36. The summed E-state index contributed by atoms with van der Waals surface area (Å²) in [6.07, 6.45) is -0.594. The third-order valence-electron chi connectivity index (χ3n) is 3.26. The van der Waals surface area contributed by atoms with Crippen LogP contribution < -0.4 is 4.74 Å². The molecule has 1 aromatic carbocycles. The third-order valence-corrected chi connectivity index (χ3v) is 3.79. The molecule has 0 aromatic heterocycles. The monoisotopic (exact) mass is 375 g/mol. The maximum atomic E-state index is 12.6. The number of methoxy groups -OCH3 is 1. The molecule has 1 atom stereocenters. The summed E-state index contributed by atoms with van der Waals surface area (Å²) in [7, 11) is 1.32. The lowest BCUT2D eigenvalue weighted by atomic mass is 10.2. The van der Waals surface area contributed by atoms with Gasteiger partial charge in [0.15, 0.2) is 6.10 Å². The molecular weight excluding hydrogens is 353 g/mol. The molecular formula is C17H23Cl2NO4. The van der Waals surface area contributed by atoms with Crippen LogP contribution in [-0.4, -0.2) is 43.1 Å². The molecule has 0 aliphatic carbocycles. The molecule has 0 aliphatic rings. The first kappa shape index (κ1) is 20.6. The molecule has 0 aliphatic heterocycles. The minimum atomic E-state index is -0.736. The Bertz CT molecular complexity index is 578. The van der Waals surface area contributed by atoms with Crippen LogP contribution in [0.4, 0.5) is 0 Å². The van der Waals surface area contributed by atoms with E-state index in [0.717, 1.165) is 0 Å². The quantitative estimate of drug-likeness (QED) is 0.648. The molecule has 1 unspecified atom stereocenters. The molecule has 5 nitrogen and oxygen atoms in total. The standard InChI is InChI=1S/C17H23Cl2NO4/c1-11(2)10-20(8-7-16(21)23-4)17(22)12(3)24-15-6-5-13(18)9-14(15)19/h5-6,9,11-12H,7-8,10H2,1-4H3. The van der Waals surface area contributed by atoms with Gasteiger partial charge in [0.25, 0.3) is 5.91 Å². The second kappa shape index (κ2) is 9.74. The lowest BCUT2D eigenvalue weighted by Crippen LogP contribution is -2.43. The van der Waals surface area contributed by atoms with Crippen molar-refractivity contribution in [3.8, 4) is 5.75 Å². The van der Waals surface area contributed by atoms with E-state index in [2.05, 4.69) is 4.74 Å². The Labute approximate surface area is 152 Å². The predicted molar refractivity (Wildman–Crippen MR) is 94.6 cm³/mol. The van der Waals surface area contributed by atoms with Gasteiger partial charge in [-0.3, -0.25) is 9.59 Å². The molecule has 0 saturated heterocycles.